The fraction of sp³-hybridized carbons (Fsp3) is 0.750. The lowest BCUT2D eigenvalue weighted by Crippen LogP contribution is -2.35. The molecule has 0 aromatic heterocycles. The highest BCUT2D eigenvalue weighted by molar-refractivity contribution is 4.97. The van der Waals surface area contributed by atoms with E-state index in [-0.39, 0.29) is 12.2 Å². The second kappa shape index (κ2) is 4.49. The summed E-state index contributed by atoms with van der Waals surface area (Å²) in [5.74, 6) is 0. The molecule has 0 aliphatic carbocycles. The first-order chi connectivity index (χ1) is 5.38. The number of rotatable bonds is 3. The maximum Gasteiger partial charge on any atom is 0.111 e. The standard InChI is InChI=1S/C8H14O3/c1-9-6-8-7(10-2)4-3-5-11-8/h3-4,7-8H,5-6H2,1-2H3/t7-,8+/m0/s1. The van der Waals surface area contributed by atoms with Crippen LogP contribution in [-0.4, -0.2) is 39.6 Å². The summed E-state index contributed by atoms with van der Waals surface area (Å²) in [6, 6.07) is 0. The molecule has 1 rings (SSSR count). The lowest BCUT2D eigenvalue weighted by atomic mass is 10.1. The highest BCUT2D eigenvalue weighted by Gasteiger charge is 2.21. The third-order valence-corrected chi connectivity index (χ3v) is 1.70. The molecule has 3 heteroatoms. The summed E-state index contributed by atoms with van der Waals surface area (Å²) in [6.45, 7) is 1.25. The van der Waals surface area contributed by atoms with Gasteiger partial charge in [-0.1, -0.05) is 12.2 Å². The van der Waals surface area contributed by atoms with Crippen molar-refractivity contribution in [3.8, 4) is 0 Å². The molecule has 0 fully saturated rings. The van der Waals surface area contributed by atoms with Crippen molar-refractivity contribution in [1.29, 1.82) is 0 Å². The summed E-state index contributed by atoms with van der Waals surface area (Å²) in [4.78, 5) is 0. The molecule has 1 aliphatic heterocycles. The van der Waals surface area contributed by atoms with Crippen LogP contribution < -0.4 is 0 Å². The molecule has 64 valence electrons. The molecule has 0 N–H and O–H groups in total. The number of hydrogen-bond donors (Lipinski definition) is 0. The molecular weight excluding hydrogens is 144 g/mol. The second-order valence-electron chi connectivity index (χ2n) is 2.46. The molecule has 0 amide bonds. The first-order valence-corrected chi connectivity index (χ1v) is 3.68. The Morgan fingerprint density at radius 3 is 3.00 bits per heavy atom. The van der Waals surface area contributed by atoms with Crippen LogP contribution in [0.15, 0.2) is 12.2 Å². The van der Waals surface area contributed by atoms with Crippen molar-refractivity contribution in [2.24, 2.45) is 0 Å². The normalized spacial score (nSPS) is 30.7. The summed E-state index contributed by atoms with van der Waals surface area (Å²) in [7, 11) is 3.33. The van der Waals surface area contributed by atoms with Crippen molar-refractivity contribution in [3.05, 3.63) is 12.2 Å². The smallest absolute Gasteiger partial charge is 0.111 e. The molecule has 2 atom stereocenters. The lowest BCUT2D eigenvalue weighted by molar-refractivity contribution is -0.0677. The van der Waals surface area contributed by atoms with Gasteiger partial charge in [-0.2, -0.15) is 0 Å². The third kappa shape index (κ3) is 2.29. The summed E-state index contributed by atoms with van der Waals surface area (Å²) in [6.07, 6.45) is 4.06. The average Bonchev–Trinajstić information content (AvgIpc) is 2.06. The van der Waals surface area contributed by atoms with Crippen molar-refractivity contribution >= 4 is 0 Å². The van der Waals surface area contributed by atoms with Crippen LogP contribution in [0.5, 0.6) is 0 Å². The minimum Gasteiger partial charge on any atom is -0.382 e. The third-order valence-electron chi connectivity index (χ3n) is 1.70. The predicted molar refractivity (Wildman–Crippen MR) is 41.6 cm³/mol. The zero-order valence-corrected chi connectivity index (χ0v) is 6.95. The first kappa shape index (κ1) is 8.71. The van der Waals surface area contributed by atoms with Crippen LogP contribution in [-0.2, 0) is 14.2 Å². The Morgan fingerprint density at radius 1 is 1.55 bits per heavy atom. The van der Waals surface area contributed by atoms with Crippen LogP contribution in [0.4, 0.5) is 0 Å². The highest BCUT2D eigenvalue weighted by atomic mass is 16.6. The Kier molecular flexibility index (Phi) is 3.56. The van der Waals surface area contributed by atoms with Crippen LogP contribution in [0, 0.1) is 0 Å². The van der Waals surface area contributed by atoms with E-state index in [0.717, 1.165) is 0 Å². The van der Waals surface area contributed by atoms with E-state index in [1.165, 1.54) is 0 Å². The Morgan fingerprint density at radius 2 is 2.36 bits per heavy atom. The predicted octanol–water partition coefficient (Wildman–Crippen LogP) is 0.603. The van der Waals surface area contributed by atoms with E-state index in [2.05, 4.69) is 0 Å². The summed E-state index contributed by atoms with van der Waals surface area (Å²) in [5, 5.41) is 0. The minimum atomic E-state index is 0.0451. The molecule has 0 bridgehead atoms. The van der Waals surface area contributed by atoms with E-state index in [0.29, 0.717) is 13.2 Å². The topological polar surface area (TPSA) is 27.7 Å². The number of hydrogen-bond acceptors (Lipinski definition) is 3. The fourth-order valence-electron chi connectivity index (χ4n) is 1.13. The molecule has 0 saturated carbocycles. The Hall–Kier alpha value is -0.380. The fourth-order valence-corrected chi connectivity index (χ4v) is 1.13. The van der Waals surface area contributed by atoms with Gasteiger partial charge in [-0.15, -0.1) is 0 Å². The lowest BCUT2D eigenvalue weighted by Gasteiger charge is -2.25. The molecule has 3 nitrogen and oxygen atoms in total. The first-order valence-electron chi connectivity index (χ1n) is 3.68. The van der Waals surface area contributed by atoms with Crippen molar-refractivity contribution in [2.45, 2.75) is 12.2 Å². The van der Waals surface area contributed by atoms with Gasteiger partial charge in [0.2, 0.25) is 0 Å². The van der Waals surface area contributed by atoms with Gasteiger partial charge in [-0.05, 0) is 0 Å². The molecule has 0 spiro atoms. The van der Waals surface area contributed by atoms with Crippen LogP contribution in [0.25, 0.3) is 0 Å². The van der Waals surface area contributed by atoms with Gasteiger partial charge in [0.25, 0.3) is 0 Å². The molecule has 0 radical (unpaired) electrons. The largest absolute Gasteiger partial charge is 0.382 e. The van der Waals surface area contributed by atoms with E-state index in [4.69, 9.17) is 14.2 Å². The highest BCUT2D eigenvalue weighted by Crippen LogP contribution is 2.10. The number of ether oxygens (including phenoxy) is 3. The molecule has 0 aromatic carbocycles. The van der Waals surface area contributed by atoms with Gasteiger partial charge in [0.1, 0.15) is 12.2 Å². The van der Waals surface area contributed by atoms with Crippen LogP contribution in [0.2, 0.25) is 0 Å². The van der Waals surface area contributed by atoms with Gasteiger partial charge in [0.05, 0.1) is 13.2 Å². The van der Waals surface area contributed by atoms with Crippen molar-refractivity contribution in [2.75, 3.05) is 27.4 Å². The number of methoxy groups -OCH3 is 2. The van der Waals surface area contributed by atoms with E-state index >= 15 is 0 Å². The zero-order valence-electron chi connectivity index (χ0n) is 6.95. The summed E-state index contributed by atoms with van der Waals surface area (Å²) in [5.41, 5.74) is 0. The van der Waals surface area contributed by atoms with Gasteiger partial charge in [-0.25, -0.2) is 0 Å². The van der Waals surface area contributed by atoms with Gasteiger partial charge in [0, 0.05) is 14.2 Å². The second-order valence-corrected chi connectivity index (χ2v) is 2.46. The van der Waals surface area contributed by atoms with Gasteiger partial charge >= 0.3 is 0 Å². The zero-order chi connectivity index (χ0) is 8.10. The summed E-state index contributed by atoms with van der Waals surface area (Å²) < 4.78 is 15.5. The van der Waals surface area contributed by atoms with Crippen LogP contribution in [0.1, 0.15) is 0 Å². The average molecular weight is 158 g/mol. The van der Waals surface area contributed by atoms with Crippen LogP contribution >= 0.6 is 0 Å². The van der Waals surface area contributed by atoms with Gasteiger partial charge in [0.15, 0.2) is 0 Å². The minimum absolute atomic E-state index is 0.0451. The molecular formula is C8H14O3. The van der Waals surface area contributed by atoms with E-state index in [9.17, 15) is 0 Å². The Labute approximate surface area is 66.9 Å². The Bertz CT molecular complexity index is 133. The quantitative estimate of drug-likeness (QED) is 0.563. The molecule has 1 aliphatic rings. The van der Waals surface area contributed by atoms with Crippen molar-refractivity contribution in [1.82, 2.24) is 0 Å². The molecule has 0 saturated heterocycles. The van der Waals surface area contributed by atoms with E-state index < -0.39 is 0 Å². The van der Waals surface area contributed by atoms with E-state index in [1.807, 2.05) is 12.2 Å². The monoisotopic (exact) mass is 158 g/mol. The summed E-state index contributed by atoms with van der Waals surface area (Å²) >= 11 is 0. The van der Waals surface area contributed by atoms with Gasteiger partial charge in [-0.3, -0.25) is 0 Å². The Balaban J connectivity index is 2.42. The van der Waals surface area contributed by atoms with E-state index in [1.54, 1.807) is 14.2 Å². The van der Waals surface area contributed by atoms with Crippen LogP contribution in [0.3, 0.4) is 0 Å². The molecule has 11 heavy (non-hydrogen) atoms. The molecule has 0 aromatic rings. The molecule has 1 heterocycles. The SMILES string of the molecule is COC[C@H]1OCC=C[C@@H]1OC. The van der Waals surface area contributed by atoms with Crippen molar-refractivity contribution in [3.63, 3.8) is 0 Å². The van der Waals surface area contributed by atoms with Gasteiger partial charge < -0.3 is 14.2 Å². The molecule has 0 unspecified atom stereocenters. The maximum atomic E-state index is 5.39. The maximum absolute atomic E-state index is 5.39. The van der Waals surface area contributed by atoms with Crippen molar-refractivity contribution < 1.29 is 14.2 Å².